The summed E-state index contributed by atoms with van der Waals surface area (Å²) in [6.45, 7) is 3.09. The predicted molar refractivity (Wildman–Crippen MR) is 117 cm³/mol. The lowest BCUT2D eigenvalue weighted by Gasteiger charge is -2.31. The Morgan fingerprint density at radius 2 is 1.84 bits per heavy atom. The summed E-state index contributed by atoms with van der Waals surface area (Å²) in [6, 6.07) is 5.65. The van der Waals surface area contributed by atoms with Crippen LogP contribution in [0, 0.1) is 18.7 Å². The lowest BCUT2D eigenvalue weighted by atomic mass is 9.91. The third kappa shape index (κ3) is 4.99. The van der Waals surface area contributed by atoms with E-state index in [9.17, 15) is 14.0 Å². The van der Waals surface area contributed by atoms with Gasteiger partial charge in [-0.2, -0.15) is 5.10 Å². The third-order valence-corrected chi connectivity index (χ3v) is 5.64. The van der Waals surface area contributed by atoms with Gasteiger partial charge >= 0.3 is 0 Å². The van der Waals surface area contributed by atoms with E-state index in [2.05, 4.69) is 20.4 Å². The van der Waals surface area contributed by atoms with Gasteiger partial charge in [0.2, 0.25) is 0 Å². The van der Waals surface area contributed by atoms with Crippen LogP contribution in [0.4, 0.5) is 10.1 Å². The van der Waals surface area contributed by atoms with Crippen molar-refractivity contribution in [1.82, 2.24) is 24.6 Å². The number of hydrogen-bond donors (Lipinski definition) is 1. The molecule has 8 nitrogen and oxygen atoms in total. The molecule has 1 N–H and O–H groups in total. The molecule has 32 heavy (non-hydrogen) atoms. The molecule has 0 radical (unpaired) electrons. The smallest absolute Gasteiger partial charge is 0.274 e. The summed E-state index contributed by atoms with van der Waals surface area (Å²) >= 11 is 0. The van der Waals surface area contributed by atoms with Crippen LogP contribution in [0.3, 0.4) is 0 Å². The normalized spacial score (nSPS) is 14.4. The molecule has 0 atom stereocenters. The summed E-state index contributed by atoms with van der Waals surface area (Å²) in [4.78, 5) is 35.6. The quantitative estimate of drug-likeness (QED) is 0.664. The molecule has 9 heteroatoms. The zero-order valence-electron chi connectivity index (χ0n) is 18.1. The maximum Gasteiger partial charge on any atom is 0.274 e. The van der Waals surface area contributed by atoms with Crippen molar-refractivity contribution in [1.29, 1.82) is 0 Å². The van der Waals surface area contributed by atoms with Crippen molar-refractivity contribution in [2.75, 3.05) is 18.4 Å². The molecule has 0 saturated carbocycles. The van der Waals surface area contributed by atoms with Crippen molar-refractivity contribution in [2.45, 2.75) is 26.2 Å². The third-order valence-electron chi connectivity index (χ3n) is 5.64. The molecule has 2 amide bonds. The number of anilines is 1. The number of hydrogen-bond acceptors (Lipinski definition) is 5. The van der Waals surface area contributed by atoms with Crippen LogP contribution in [0.2, 0.25) is 0 Å². The number of benzene rings is 1. The van der Waals surface area contributed by atoms with Crippen LogP contribution in [0.1, 0.15) is 45.1 Å². The monoisotopic (exact) mass is 436 g/mol. The highest BCUT2D eigenvalue weighted by atomic mass is 19.1. The summed E-state index contributed by atoms with van der Waals surface area (Å²) < 4.78 is 14.7. The van der Waals surface area contributed by atoms with Gasteiger partial charge in [0.05, 0.1) is 23.1 Å². The van der Waals surface area contributed by atoms with E-state index < -0.39 is 0 Å². The first-order valence-electron chi connectivity index (χ1n) is 10.6. The average molecular weight is 436 g/mol. The van der Waals surface area contributed by atoms with Crippen LogP contribution >= 0.6 is 0 Å². The van der Waals surface area contributed by atoms with Gasteiger partial charge in [0.1, 0.15) is 11.5 Å². The van der Waals surface area contributed by atoms with E-state index in [1.807, 2.05) is 6.92 Å². The molecule has 1 aromatic carbocycles. The number of rotatable bonds is 5. The summed E-state index contributed by atoms with van der Waals surface area (Å²) in [6.07, 6.45) is 7.10. The minimum atomic E-state index is -0.357. The molecule has 0 unspecified atom stereocenters. The van der Waals surface area contributed by atoms with Gasteiger partial charge in [0.15, 0.2) is 0 Å². The number of amides is 2. The van der Waals surface area contributed by atoms with E-state index in [0.29, 0.717) is 42.4 Å². The summed E-state index contributed by atoms with van der Waals surface area (Å²) in [7, 11) is 1.78. The Kier molecular flexibility index (Phi) is 6.25. The first-order valence-corrected chi connectivity index (χ1v) is 10.6. The molecule has 0 bridgehead atoms. The molecule has 2 aromatic heterocycles. The van der Waals surface area contributed by atoms with Crippen LogP contribution in [0.25, 0.3) is 0 Å². The molecule has 0 aliphatic carbocycles. The maximum absolute atomic E-state index is 13.1. The Bertz CT molecular complexity index is 1100. The molecule has 3 aromatic rings. The molecule has 1 fully saturated rings. The van der Waals surface area contributed by atoms with Crippen LogP contribution in [-0.2, 0) is 13.5 Å². The molecule has 3 heterocycles. The minimum Gasteiger partial charge on any atom is -0.337 e. The van der Waals surface area contributed by atoms with Crippen LogP contribution in [0.15, 0.2) is 42.9 Å². The molecular weight excluding hydrogens is 411 g/mol. The highest BCUT2D eigenvalue weighted by Crippen LogP contribution is 2.24. The molecule has 0 spiro atoms. The van der Waals surface area contributed by atoms with Crippen LogP contribution < -0.4 is 5.32 Å². The van der Waals surface area contributed by atoms with Crippen LogP contribution in [0.5, 0.6) is 0 Å². The van der Waals surface area contributed by atoms with E-state index in [0.717, 1.165) is 24.2 Å². The number of carbonyl (C=O) groups is 2. The number of aryl methyl sites for hydroxylation is 2. The van der Waals surface area contributed by atoms with Crippen molar-refractivity contribution < 1.29 is 14.0 Å². The molecular formula is C23H25FN6O2. The Morgan fingerprint density at radius 3 is 2.50 bits per heavy atom. The zero-order chi connectivity index (χ0) is 22.7. The van der Waals surface area contributed by atoms with E-state index in [1.54, 1.807) is 29.0 Å². The number of halogens is 1. The summed E-state index contributed by atoms with van der Waals surface area (Å²) in [5, 5.41) is 7.28. The van der Waals surface area contributed by atoms with E-state index in [1.165, 1.54) is 30.5 Å². The van der Waals surface area contributed by atoms with Gasteiger partial charge in [-0.05, 0) is 56.4 Å². The minimum absolute atomic E-state index is 0.104. The average Bonchev–Trinajstić information content (AvgIpc) is 3.16. The highest BCUT2D eigenvalue weighted by Gasteiger charge is 2.27. The van der Waals surface area contributed by atoms with Crippen molar-refractivity contribution in [2.24, 2.45) is 13.0 Å². The maximum atomic E-state index is 13.1. The van der Waals surface area contributed by atoms with E-state index in [-0.39, 0.29) is 17.6 Å². The largest absolute Gasteiger partial charge is 0.337 e. The Morgan fingerprint density at radius 1 is 1.12 bits per heavy atom. The standard InChI is InChI=1S/C23H25FN6O2/c1-15-12-26-21(13-25-15)23(32)30-9-7-16(8-10-30)11-20-19(14-29(2)28-20)22(31)27-18-5-3-17(24)4-6-18/h3-6,12-14,16H,7-11H2,1-2H3,(H,27,31). The predicted octanol–water partition coefficient (Wildman–Crippen LogP) is 3.00. The first-order chi connectivity index (χ1) is 15.4. The first kappa shape index (κ1) is 21.6. The number of carbonyl (C=O) groups excluding carboxylic acids is 2. The fourth-order valence-electron chi connectivity index (χ4n) is 3.89. The van der Waals surface area contributed by atoms with Gasteiger partial charge in [0, 0.05) is 38.2 Å². The Hall–Kier alpha value is -3.62. The fraction of sp³-hybridized carbons (Fsp3) is 0.348. The van der Waals surface area contributed by atoms with Gasteiger partial charge in [0.25, 0.3) is 11.8 Å². The molecule has 1 aliphatic rings. The van der Waals surface area contributed by atoms with Crippen molar-refractivity contribution in [3.63, 3.8) is 0 Å². The fourth-order valence-corrected chi connectivity index (χ4v) is 3.89. The molecule has 1 aliphatic heterocycles. The molecule has 1 saturated heterocycles. The van der Waals surface area contributed by atoms with Crippen molar-refractivity contribution in [3.05, 3.63) is 71.3 Å². The summed E-state index contributed by atoms with van der Waals surface area (Å²) in [5.41, 5.74) is 2.89. The number of nitrogens with one attached hydrogen (secondary N) is 1. The Labute approximate surface area is 185 Å². The molecule has 166 valence electrons. The number of likely N-dealkylation sites (tertiary alicyclic amines) is 1. The second-order valence-corrected chi connectivity index (χ2v) is 8.11. The summed E-state index contributed by atoms with van der Waals surface area (Å²) in [5.74, 6) is -0.418. The van der Waals surface area contributed by atoms with Gasteiger partial charge < -0.3 is 10.2 Å². The molecule has 4 rings (SSSR count). The van der Waals surface area contributed by atoms with E-state index >= 15 is 0 Å². The second kappa shape index (κ2) is 9.25. The van der Waals surface area contributed by atoms with Crippen molar-refractivity contribution in [3.8, 4) is 0 Å². The highest BCUT2D eigenvalue weighted by molar-refractivity contribution is 6.04. The van der Waals surface area contributed by atoms with Crippen molar-refractivity contribution >= 4 is 17.5 Å². The van der Waals surface area contributed by atoms with Crippen LogP contribution in [-0.4, -0.2) is 49.6 Å². The van der Waals surface area contributed by atoms with E-state index in [4.69, 9.17) is 0 Å². The number of nitrogens with zero attached hydrogens (tertiary/aromatic N) is 5. The van der Waals surface area contributed by atoms with Gasteiger partial charge in [-0.1, -0.05) is 0 Å². The lowest BCUT2D eigenvalue weighted by molar-refractivity contribution is 0.0683. The van der Waals surface area contributed by atoms with Gasteiger partial charge in [-0.25, -0.2) is 9.37 Å². The number of aromatic nitrogens is 4. The van der Waals surface area contributed by atoms with Gasteiger partial charge in [-0.15, -0.1) is 0 Å². The number of piperidine rings is 1. The second-order valence-electron chi connectivity index (χ2n) is 8.11. The topological polar surface area (TPSA) is 93.0 Å². The Balaban J connectivity index is 1.37. The zero-order valence-corrected chi connectivity index (χ0v) is 18.1. The lowest BCUT2D eigenvalue weighted by Crippen LogP contribution is -2.39. The van der Waals surface area contributed by atoms with Gasteiger partial charge in [-0.3, -0.25) is 19.3 Å². The SMILES string of the molecule is Cc1cnc(C(=O)N2CCC(Cc3nn(C)cc3C(=O)Nc3ccc(F)cc3)CC2)cn1.